The number of esters is 1. The van der Waals surface area contributed by atoms with Crippen molar-refractivity contribution in [1.82, 2.24) is 15.1 Å². The van der Waals surface area contributed by atoms with Crippen LogP contribution in [0, 0.1) is 5.92 Å². The minimum atomic E-state index is -0.817. The van der Waals surface area contributed by atoms with Crippen LogP contribution >= 0.6 is 0 Å². The molecular weight excluding hydrogens is 260 g/mol. The Hall–Kier alpha value is -2.05. The number of hydrogen-bond donors (Lipinski definition) is 2. The fourth-order valence-corrected chi connectivity index (χ4v) is 1.51. The van der Waals surface area contributed by atoms with Gasteiger partial charge in [-0.2, -0.15) is 5.10 Å². The maximum atomic E-state index is 11.7. The Morgan fingerprint density at radius 2 is 2.15 bits per heavy atom. The van der Waals surface area contributed by atoms with Gasteiger partial charge >= 0.3 is 5.97 Å². The van der Waals surface area contributed by atoms with Crippen LogP contribution in [0.25, 0.3) is 0 Å². The zero-order valence-corrected chi connectivity index (χ0v) is 12.1. The lowest BCUT2D eigenvalue weighted by Crippen LogP contribution is -2.37. The molecule has 0 fully saturated rings. The van der Waals surface area contributed by atoms with E-state index in [0.717, 1.165) is 6.42 Å². The zero-order valence-electron chi connectivity index (χ0n) is 12.1. The van der Waals surface area contributed by atoms with E-state index in [4.69, 9.17) is 10.5 Å². The van der Waals surface area contributed by atoms with Gasteiger partial charge < -0.3 is 15.8 Å². The number of amides is 1. The number of rotatable bonds is 7. The van der Waals surface area contributed by atoms with E-state index < -0.39 is 12.1 Å². The summed E-state index contributed by atoms with van der Waals surface area (Å²) in [6.45, 7) is 6.20. The summed E-state index contributed by atoms with van der Waals surface area (Å²) >= 11 is 0. The Morgan fingerprint density at radius 1 is 1.45 bits per heavy atom. The highest BCUT2D eigenvalue weighted by atomic mass is 16.5. The average Bonchev–Trinajstić information content (AvgIpc) is 2.73. The van der Waals surface area contributed by atoms with Crippen molar-refractivity contribution in [3.63, 3.8) is 0 Å². The lowest BCUT2D eigenvalue weighted by atomic mass is 10.1. The van der Waals surface area contributed by atoms with Gasteiger partial charge in [0, 0.05) is 12.7 Å². The van der Waals surface area contributed by atoms with Gasteiger partial charge in [-0.1, -0.05) is 13.8 Å². The first kappa shape index (κ1) is 16.0. The van der Waals surface area contributed by atoms with E-state index in [0.29, 0.717) is 18.2 Å². The fourth-order valence-electron chi connectivity index (χ4n) is 1.51. The first-order chi connectivity index (χ1) is 9.38. The van der Waals surface area contributed by atoms with Gasteiger partial charge in [0.25, 0.3) is 5.91 Å². The van der Waals surface area contributed by atoms with Crippen molar-refractivity contribution >= 4 is 17.6 Å². The molecule has 1 aromatic heterocycles. The van der Waals surface area contributed by atoms with Crippen LogP contribution < -0.4 is 11.1 Å². The maximum absolute atomic E-state index is 11.7. The molecular formula is C13H22N4O3. The van der Waals surface area contributed by atoms with E-state index in [1.54, 1.807) is 6.92 Å². The lowest BCUT2D eigenvalue weighted by molar-refractivity contribution is -0.155. The quantitative estimate of drug-likeness (QED) is 0.712. The Labute approximate surface area is 118 Å². The van der Waals surface area contributed by atoms with E-state index in [9.17, 15) is 9.59 Å². The molecule has 7 nitrogen and oxygen atoms in total. The molecule has 0 aliphatic rings. The highest BCUT2D eigenvalue weighted by Gasteiger charge is 2.17. The predicted molar refractivity (Wildman–Crippen MR) is 74.7 cm³/mol. The van der Waals surface area contributed by atoms with Gasteiger partial charge in [-0.15, -0.1) is 0 Å². The van der Waals surface area contributed by atoms with Gasteiger partial charge in [-0.25, -0.2) is 0 Å². The molecule has 0 saturated carbocycles. The zero-order chi connectivity index (χ0) is 15.1. The highest BCUT2D eigenvalue weighted by Crippen LogP contribution is 2.00. The molecule has 1 unspecified atom stereocenters. The number of aromatic nitrogens is 2. The third-order valence-corrected chi connectivity index (χ3v) is 2.64. The van der Waals surface area contributed by atoms with Crippen LogP contribution in [0.1, 0.15) is 27.2 Å². The van der Waals surface area contributed by atoms with Gasteiger partial charge in [-0.05, 0) is 19.3 Å². The van der Waals surface area contributed by atoms with Crippen LogP contribution in [0.4, 0.5) is 5.69 Å². The molecule has 1 atom stereocenters. The van der Waals surface area contributed by atoms with E-state index >= 15 is 0 Å². The Morgan fingerprint density at radius 3 is 2.70 bits per heavy atom. The van der Waals surface area contributed by atoms with Crippen LogP contribution in [-0.2, 0) is 20.9 Å². The molecule has 0 radical (unpaired) electrons. The van der Waals surface area contributed by atoms with Gasteiger partial charge in [0.05, 0.1) is 11.9 Å². The van der Waals surface area contributed by atoms with E-state index in [2.05, 4.69) is 24.3 Å². The first-order valence-electron chi connectivity index (χ1n) is 6.63. The third kappa shape index (κ3) is 5.73. The molecule has 3 N–H and O–H groups in total. The average molecular weight is 282 g/mol. The third-order valence-electron chi connectivity index (χ3n) is 2.64. The SMILES string of the molecule is CC(C)CCNC(=O)C(C)OC(=O)Cn1cc(N)cn1. The van der Waals surface area contributed by atoms with E-state index in [1.165, 1.54) is 17.1 Å². The molecule has 20 heavy (non-hydrogen) atoms. The number of nitrogens with one attached hydrogen (secondary N) is 1. The normalized spacial score (nSPS) is 12.2. The van der Waals surface area contributed by atoms with Crippen molar-refractivity contribution in [2.75, 3.05) is 12.3 Å². The Kier molecular flexibility index (Phi) is 6.02. The summed E-state index contributed by atoms with van der Waals surface area (Å²) in [5.41, 5.74) is 5.95. The molecule has 112 valence electrons. The molecule has 0 saturated heterocycles. The molecule has 0 bridgehead atoms. The second-order valence-corrected chi connectivity index (χ2v) is 5.08. The smallest absolute Gasteiger partial charge is 0.328 e. The molecule has 0 aliphatic heterocycles. The summed E-state index contributed by atoms with van der Waals surface area (Å²) in [7, 11) is 0. The number of carbonyl (C=O) groups is 2. The second kappa shape index (κ2) is 7.52. The van der Waals surface area contributed by atoms with Crippen molar-refractivity contribution in [2.24, 2.45) is 5.92 Å². The summed E-state index contributed by atoms with van der Waals surface area (Å²) in [5.74, 6) is -0.308. The van der Waals surface area contributed by atoms with E-state index in [-0.39, 0.29) is 12.5 Å². The van der Waals surface area contributed by atoms with Gasteiger partial charge in [0.1, 0.15) is 6.54 Å². The number of carbonyl (C=O) groups excluding carboxylic acids is 2. The lowest BCUT2D eigenvalue weighted by Gasteiger charge is -2.14. The fraction of sp³-hybridized carbons (Fsp3) is 0.615. The highest BCUT2D eigenvalue weighted by molar-refractivity contribution is 5.83. The minimum Gasteiger partial charge on any atom is -0.451 e. The van der Waals surface area contributed by atoms with Crippen LogP contribution in [0.2, 0.25) is 0 Å². The predicted octanol–water partition coefficient (Wildman–Crippen LogP) is 0.559. The van der Waals surface area contributed by atoms with Crippen molar-refractivity contribution in [3.05, 3.63) is 12.4 Å². The summed E-state index contributed by atoms with van der Waals surface area (Å²) in [4.78, 5) is 23.3. The minimum absolute atomic E-state index is 0.0686. The number of anilines is 1. The van der Waals surface area contributed by atoms with Crippen molar-refractivity contribution in [2.45, 2.75) is 39.8 Å². The van der Waals surface area contributed by atoms with Crippen LogP contribution in [0.3, 0.4) is 0 Å². The number of hydrogen-bond acceptors (Lipinski definition) is 5. The summed E-state index contributed by atoms with van der Waals surface area (Å²) in [6.07, 6.45) is 3.03. The standard InChI is InChI=1S/C13H22N4O3/c1-9(2)4-5-15-13(19)10(3)20-12(18)8-17-7-11(14)6-16-17/h6-7,9-10H,4-5,8,14H2,1-3H3,(H,15,19). The van der Waals surface area contributed by atoms with Crippen molar-refractivity contribution in [3.8, 4) is 0 Å². The molecule has 1 heterocycles. The largest absolute Gasteiger partial charge is 0.451 e. The summed E-state index contributed by atoms with van der Waals surface area (Å²) < 4.78 is 6.39. The molecule has 0 aliphatic carbocycles. The summed E-state index contributed by atoms with van der Waals surface area (Å²) in [6, 6.07) is 0. The van der Waals surface area contributed by atoms with Gasteiger partial charge in [0.2, 0.25) is 0 Å². The van der Waals surface area contributed by atoms with E-state index in [1.807, 2.05) is 0 Å². The maximum Gasteiger partial charge on any atom is 0.328 e. The molecule has 1 amide bonds. The van der Waals surface area contributed by atoms with Crippen LogP contribution in [0.5, 0.6) is 0 Å². The monoisotopic (exact) mass is 282 g/mol. The topological polar surface area (TPSA) is 99.2 Å². The molecule has 1 rings (SSSR count). The number of nitrogens with two attached hydrogens (primary N) is 1. The molecule has 0 aromatic carbocycles. The van der Waals surface area contributed by atoms with Crippen LogP contribution in [-0.4, -0.2) is 34.3 Å². The second-order valence-electron chi connectivity index (χ2n) is 5.08. The van der Waals surface area contributed by atoms with Gasteiger partial charge in [-0.3, -0.25) is 14.3 Å². The van der Waals surface area contributed by atoms with Crippen LogP contribution in [0.15, 0.2) is 12.4 Å². The molecule has 7 heteroatoms. The number of nitrogen functional groups attached to an aromatic ring is 1. The first-order valence-corrected chi connectivity index (χ1v) is 6.63. The summed E-state index contributed by atoms with van der Waals surface area (Å²) in [5, 5.41) is 6.60. The Bertz CT molecular complexity index is 456. The van der Waals surface area contributed by atoms with Gasteiger partial charge in [0.15, 0.2) is 6.10 Å². The van der Waals surface area contributed by atoms with Crippen molar-refractivity contribution < 1.29 is 14.3 Å². The van der Waals surface area contributed by atoms with Crippen molar-refractivity contribution in [1.29, 1.82) is 0 Å². The Balaban J connectivity index is 2.31. The molecule has 0 spiro atoms. The molecule has 1 aromatic rings. The number of nitrogens with zero attached hydrogens (tertiary/aromatic N) is 2. The number of ether oxygens (including phenoxy) is 1.